The number of nitrogens with zero attached hydrogens (tertiary/aromatic N) is 1. The Morgan fingerprint density at radius 3 is 2.79 bits per heavy atom. The van der Waals surface area contributed by atoms with Crippen LogP contribution in [-0.4, -0.2) is 20.2 Å². The first-order valence-corrected chi connectivity index (χ1v) is 8.32. The Kier molecular flexibility index (Phi) is 4.43. The number of thiophene rings is 1. The van der Waals surface area contributed by atoms with E-state index in [9.17, 15) is 4.79 Å². The molecule has 2 rings (SSSR count). The second kappa shape index (κ2) is 5.89. The number of H-pyrrole nitrogens is 1. The summed E-state index contributed by atoms with van der Waals surface area (Å²) in [6, 6.07) is 1.94. The van der Waals surface area contributed by atoms with Crippen LogP contribution >= 0.6 is 11.3 Å². The molecule has 0 saturated carbocycles. The first-order chi connectivity index (χ1) is 9.01. The number of Topliss-reactive ketones (excluding diaryl/α,β-unsaturated/α-hetero) is 1. The molecule has 2 aromatic heterocycles. The van der Waals surface area contributed by atoms with E-state index in [-0.39, 0.29) is 5.78 Å². The second-order valence-corrected chi connectivity index (χ2v) is 6.43. The fourth-order valence-electron chi connectivity index (χ4n) is 1.72. The van der Waals surface area contributed by atoms with E-state index in [0.717, 1.165) is 26.8 Å². The van der Waals surface area contributed by atoms with Gasteiger partial charge in [0.25, 0.3) is 0 Å². The molecule has 0 spiro atoms. The number of hydrogen-bond donors (Lipinski definition) is 1. The average Bonchev–Trinajstić information content (AvgIpc) is 2.95. The van der Waals surface area contributed by atoms with Gasteiger partial charge < -0.3 is 0 Å². The Balaban J connectivity index is 2.38. The van der Waals surface area contributed by atoms with Gasteiger partial charge in [0.15, 0.2) is 0 Å². The standard InChI is InChI=1S/C14H14N2OS.W/c1-8(2)5-14-15-7-12(16-14)11-6-13(9(3)17)18-10(11)4;/h1,5-7H,2-4H3,(H,15,16);/b8-5+;. The van der Waals surface area contributed by atoms with E-state index >= 15 is 0 Å². The van der Waals surface area contributed by atoms with Gasteiger partial charge in [0.1, 0.15) is 0 Å². The Labute approximate surface area is 127 Å². The summed E-state index contributed by atoms with van der Waals surface area (Å²) in [5.41, 5.74) is 3.22. The van der Waals surface area contributed by atoms with Gasteiger partial charge in [0, 0.05) is 0 Å². The van der Waals surface area contributed by atoms with Gasteiger partial charge in [-0.2, -0.15) is 0 Å². The van der Waals surface area contributed by atoms with Gasteiger partial charge in [-0.3, -0.25) is 0 Å². The first kappa shape index (κ1) is 14.3. The van der Waals surface area contributed by atoms with Gasteiger partial charge in [-0.05, 0) is 0 Å². The zero-order valence-corrected chi connectivity index (χ0v) is 14.7. The number of aryl methyl sites for hydroxylation is 1. The van der Waals surface area contributed by atoms with Crippen molar-refractivity contribution in [3.63, 3.8) is 0 Å². The number of aromatic nitrogens is 2. The predicted molar refractivity (Wildman–Crippen MR) is 76.4 cm³/mol. The third kappa shape index (κ3) is 3.26. The summed E-state index contributed by atoms with van der Waals surface area (Å²) in [6.45, 7) is 5.68. The number of ketones is 1. The average molecular weight is 442 g/mol. The molecule has 0 aliphatic rings. The Hall–Kier alpha value is -1.12. The number of nitrogens with one attached hydrogen (secondary N) is 1. The monoisotopic (exact) mass is 442 g/mol. The van der Waals surface area contributed by atoms with Crippen LogP contribution < -0.4 is 0 Å². The summed E-state index contributed by atoms with van der Waals surface area (Å²) >= 11 is 2.96. The van der Waals surface area contributed by atoms with E-state index in [0.29, 0.717) is 0 Å². The summed E-state index contributed by atoms with van der Waals surface area (Å²) in [5.74, 6) is 0.957. The molecule has 0 aliphatic heterocycles. The zero-order chi connectivity index (χ0) is 14.0. The van der Waals surface area contributed by atoms with E-state index in [1.54, 1.807) is 6.92 Å². The third-order valence-corrected chi connectivity index (χ3v) is 5.19. The van der Waals surface area contributed by atoms with Crippen molar-refractivity contribution in [2.75, 3.05) is 0 Å². The summed E-state index contributed by atoms with van der Waals surface area (Å²) in [6.07, 6.45) is 3.84. The summed E-state index contributed by atoms with van der Waals surface area (Å²) < 4.78 is 2.12. The maximum atomic E-state index is 11.4. The molecule has 0 amide bonds. The van der Waals surface area contributed by atoms with Gasteiger partial charge in [-0.25, -0.2) is 0 Å². The molecule has 3 nitrogen and oxygen atoms in total. The van der Waals surface area contributed by atoms with Gasteiger partial charge in [0.05, 0.1) is 0 Å². The van der Waals surface area contributed by atoms with Crippen molar-refractivity contribution in [2.45, 2.75) is 20.8 Å². The van der Waals surface area contributed by atoms with Gasteiger partial charge >= 0.3 is 127 Å². The molecule has 0 atom stereocenters. The molecule has 0 aromatic carbocycles. The molecule has 2 aromatic rings. The molecule has 0 saturated heterocycles. The molecular weight excluding hydrogens is 428 g/mol. The number of hydrogen-bond acceptors (Lipinski definition) is 3. The zero-order valence-electron chi connectivity index (χ0n) is 11.0. The number of carbonyl (C=O) groups is 1. The number of carbonyl (C=O) groups excluding carboxylic acids is 1. The van der Waals surface area contributed by atoms with Crippen molar-refractivity contribution in [3.8, 4) is 11.3 Å². The topological polar surface area (TPSA) is 45.8 Å². The summed E-state index contributed by atoms with van der Waals surface area (Å²) in [4.78, 5) is 21.0. The van der Waals surface area contributed by atoms with Crippen LogP contribution in [0.4, 0.5) is 0 Å². The quantitative estimate of drug-likeness (QED) is 0.739. The van der Waals surface area contributed by atoms with Gasteiger partial charge in [-0.15, -0.1) is 0 Å². The molecule has 2 heterocycles. The van der Waals surface area contributed by atoms with Crippen LogP contribution in [-0.2, 0) is 19.4 Å². The van der Waals surface area contributed by atoms with Crippen LogP contribution in [0.5, 0.6) is 0 Å². The number of aromatic amines is 1. The second-order valence-electron chi connectivity index (χ2n) is 4.33. The molecule has 1 N–H and O–H groups in total. The molecule has 0 bridgehead atoms. The van der Waals surface area contributed by atoms with Crippen LogP contribution in [0.2, 0.25) is 0 Å². The van der Waals surface area contributed by atoms with E-state index in [1.807, 2.05) is 25.3 Å². The van der Waals surface area contributed by atoms with Gasteiger partial charge in [0.2, 0.25) is 0 Å². The fraction of sp³-hybridized carbons (Fsp3) is 0.214. The Morgan fingerprint density at radius 1 is 1.47 bits per heavy atom. The van der Waals surface area contributed by atoms with Crippen molar-refractivity contribution in [2.24, 2.45) is 0 Å². The Morgan fingerprint density at radius 2 is 2.21 bits per heavy atom. The van der Waals surface area contributed by atoms with Crippen molar-refractivity contribution >= 4 is 27.6 Å². The minimum absolute atomic E-state index is 0.110. The molecule has 98 valence electrons. The molecule has 5 heteroatoms. The van der Waals surface area contributed by atoms with Crippen LogP contribution in [0, 0.1) is 6.92 Å². The van der Waals surface area contributed by atoms with E-state index in [2.05, 4.69) is 21.3 Å². The molecule has 0 radical (unpaired) electrons. The first-order valence-electron chi connectivity index (χ1n) is 5.81. The molecular formula is C14H14N2OSW. The molecule has 0 aliphatic carbocycles. The predicted octanol–water partition coefficient (Wildman–Crippen LogP) is 3.40. The maximum absolute atomic E-state index is 11.4. The normalized spacial score (nSPS) is 11.6. The number of rotatable bonds is 4. The molecule has 0 fully saturated rings. The van der Waals surface area contributed by atoms with E-state index in [1.165, 1.54) is 36.3 Å². The van der Waals surface area contributed by atoms with Gasteiger partial charge in [-0.1, -0.05) is 0 Å². The fourth-order valence-corrected chi connectivity index (χ4v) is 2.89. The number of allylic oxidation sites excluding steroid dienone is 1. The summed E-state index contributed by atoms with van der Waals surface area (Å²) in [5, 5.41) is 0. The number of imidazole rings is 1. The van der Waals surface area contributed by atoms with Crippen LogP contribution in [0.3, 0.4) is 0 Å². The van der Waals surface area contributed by atoms with Crippen LogP contribution in [0.25, 0.3) is 17.3 Å². The third-order valence-electron chi connectivity index (χ3n) is 2.70. The molecule has 0 unspecified atom stereocenters. The van der Waals surface area contributed by atoms with Crippen molar-refractivity contribution in [3.05, 3.63) is 33.4 Å². The SMILES string of the molecule is CC(=O)c1cc(-c2cnc(/C=C(/C)[CH]=[W])[nH]2)c(C)s1. The van der Waals surface area contributed by atoms with Crippen LogP contribution in [0.1, 0.15) is 34.2 Å². The van der Waals surface area contributed by atoms with Crippen molar-refractivity contribution < 1.29 is 24.1 Å². The van der Waals surface area contributed by atoms with E-state index in [4.69, 9.17) is 0 Å². The Bertz CT molecular complexity index is 667. The van der Waals surface area contributed by atoms with E-state index < -0.39 is 0 Å². The van der Waals surface area contributed by atoms with Crippen molar-refractivity contribution in [1.82, 2.24) is 9.97 Å². The summed E-state index contributed by atoms with van der Waals surface area (Å²) in [7, 11) is 0. The van der Waals surface area contributed by atoms with Crippen molar-refractivity contribution in [1.29, 1.82) is 0 Å². The van der Waals surface area contributed by atoms with Crippen LogP contribution in [0.15, 0.2) is 17.8 Å². The molecule has 19 heavy (non-hydrogen) atoms. The minimum atomic E-state index is 0.110.